The number of carbonyl (C=O) groups excluding carboxylic acids is 3. The number of hydrogen-bond donors (Lipinski definition) is 1. The first-order valence-corrected chi connectivity index (χ1v) is 12.4. The zero-order chi connectivity index (χ0) is 24.2. The molecular weight excluding hydrogens is 468 g/mol. The summed E-state index contributed by atoms with van der Waals surface area (Å²) in [6.45, 7) is 2.82. The molecule has 2 aromatic rings. The zero-order valence-electron chi connectivity index (χ0n) is 18.3. The summed E-state index contributed by atoms with van der Waals surface area (Å²) in [5.41, 5.74) is 2.36. The molecule has 3 rings (SSSR count). The molecule has 1 unspecified atom stereocenters. The minimum absolute atomic E-state index is 0.00141. The Morgan fingerprint density at radius 3 is 2.48 bits per heavy atom. The molecule has 176 valence electrons. The van der Waals surface area contributed by atoms with Crippen LogP contribution >= 0.6 is 11.6 Å². The van der Waals surface area contributed by atoms with E-state index in [2.05, 4.69) is 5.32 Å². The molecule has 0 bridgehead atoms. The first kappa shape index (κ1) is 24.7. The SMILES string of the molecule is CCS(=O)(=O)N1CCc2cc(C(=O)COC(=O)CC(NC(C)=O)c3ccc(Cl)cc3)ccc21. The quantitative estimate of drug-likeness (QED) is 0.425. The van der Waals surface area contributed by atoms with Gasteiger partial charge in [0, 0.05) is 24.1 Å². The van der Waals surface area contributed by atoms with Crippen molar-refractivity contribution in [1.82, 2.24) is 5.32 Å². The van der Waals surface area contributed by atoms with E-state index in [9.17, 15) is 22.8 Å². The number of benzene rings is 2. The highest BCUT2D eigenvalue weighted by Crippen LogP contribution is 2.31. The van der Waals surface area contributed by atoms with Crippen LogP contribution in [0, 0.1) is 0 Å². The van der Waals surface area contributed by atoms with Crippen molar-refractivity contribution in [3.8, 4) is 0 Å². The molecule has 0 radical (unpaired) electrons. The summed E-state index contributed by atoms with van der Waals surface area (Å²) < 4.78 is 30.9. The molecule has 10 heteroatoms. The first-order valence-electron chi connectivity index (χ1n) is 10.5. The Balaban J connectivity index is 1.62. The summed E-state index contributed by atoms with van der Waals surface area (Å²) in [6.07, 6.45) is 0.359. The van der Waals surface area contributed by atoms with Crippen molar-refractivity contribution in [3.63, 3.8) is 0 Å². The molecule has 1 N–H and O–H groups in total. The van der Waals surface area contributed by atoms with E-state index < -0.39 is 34.4 Å². The number of ether oxygens (including phenoxy) is 1. The Hall–Kier alpha value is -2.91. The van der Waals surface area contributed by atoms with Gasteiger partial charge in [-0.25, -0.2) is 8.42 Å². The lowest BCUT2D eigenvalue weighted by Gasteiger charge is -2.18. The Kier molecular flexibility index (Phi) is 7.76. The van der Waals surface area contributed by atoms with Crippen LogP contribution in [0.2, 0.25) is 5.02 Å². The van der Waals surface area contributed by atoms with Crippen LogP contribution in [0.3, 0.4) is 0 Å². The predicted octanol–water partition coefficient (Wildman–Crippen LogP) is 3.05. The number of nitrogens with zero attached hydrogens (tertiary/aromatic N) is 1. The third kappa shape index (κ3) is 6.11. The predicted molar refractivity (Wildman–Crippen MR) is 125 cm³/mol. The zero-order valence-corrected chi connectivity index (χ0v) is 19.9. The fraction of sp³-hybridized carbons (Fsp3) is 0.348. The molecule has 2 aromatic carbocycles. The Morgan fingerprint density at radius 2 is 1.85 bits per heavy atom. The van der Waals surface area contributed by atoms with E-state index in [1.807, 2.05) is 0 Å². The molecule has 1 aliphatic rings. The Labute approximate surface area is 197 Å². The van der Waals surface area contributed by atoms with E-state index in [-0.39, 0.29) is 18.1 Å². The first-order chi connectivity index (χ1) is 15.6. The number of esters is 1. The number of hydrogen-bond acceptors (Lipinski definition) is 6. The van der Waals surface area contributed by atoms with Gasteiger partial charge in [0.05, 0.1) is 23.9 Å². The van der Waals surface area contributed by atoms with Crippen LogP contribution in [0.15, 0.2) is 42.5 Å². The summed E-state index contributed by atoms with van der Waals surface area (Å²) in [5, 5.41) is 3.22. The van der Waals surface area contributed by atoms with Gasteiger partial charge < -0.3 is 10.1 Å². The van der Waals surface area contributed by atoms with E-state index in [4.69, 9.17) is 16.3 Å². The molecule has 0 saturated carbocycles. The van der Waals surface area contributed by atoms with Gasteiger partial charge in [-0.05, 0) is 54.8 Å². The van der Waals surface area contributed by atoms with Crippen LogP contribution < -0.4 is 9.62 Å². The largest absolute Gasteiger partial charge is 0.457 e. The van der Waals surface area contributed by atoms with Gasteiger partial charge in [0.15, 0.2) is 12.4 Å². The molecule has 0 saturated heterocycles. The lowest BCUT2D eigenvalue weighted by molar-refractivity contribution is -0.143. The van der Waals surface area contributed by atoms with E-state index in [1.165, 1.54) is 17.3 Å². The number of Topliss-reactive ketones (excluding diaryl/α,β-unsaturated/α-hetero) is 1. The van der Waals surface area contributed by atoms with Crippen molar-refractivity contribution in [3.05, 3.63) is 64.2 Å². The fourth-order valence-electron chi connectivity index (χ4n) is 3.64. The van der Waals surface area contributed by atoms with Gasteiger partial charge in [0.1, 0.15) is 0 Å². The lowest BCUT2D eigenvalue weighted by Crippen LogP contribution is -2.30. The van der Waals surface area contributed by atoms with Crippen LogP contribution in [-0.2, 0) is 30.8 Å². The van der Waals surface area contributed by atoms with Crippen molar-refractivity contribution < 1.29 is 27.5 Å². The van der Waals surface area contributed by atoms with Gasteiger partial charge in [0.25, 0.3) is 0 Å². The number of amides is 1. The second kappa shape index (κ2) is 10.4. The molecule has 0 spiro atoms. The van der Waals surface area contributed by atoms with Gasteiger partial charge in [-0.2, -0.15) is 0 Å². The molecule has 1 amide bonds. The average Bonchev–Trinajstić information content (AvgIpc) is 3.21. The maximum Gasteiger partial charge on any atom is 0.308 e. The van der Waals surface area contributed by atoms with Crippen LogP contribution in [0.1, 0.15) is 47.8 Å². The van der Waals surface area contributed by atoms with Crippen LogP contribution in [0.4, 0.5) is 5.69 Å². The number of anilines is 1. The summed E-state index contributed by atoms with van der Waals surface area (Å²) in [7, 11) is -3.37. The van der Waals surface area contributed by atoms with E-state index in [1.54, 1.807) is 43.3 Å². The average molecular weight is 493 g/mol. The highest BCUT2D eigenvalue weighted by Gasteiger charge is 2.28. The van der Waals surface area contributed by atoms with E-state index in [0.29, 0.717) is 34.8 Å². The van der Waals surface area contributed by atoms with Crippen LogP contribution in [0.25, 0.3) is 0 Å². The van der Waals surface area contributed by atoms with Crippen molar-refractivity contribution >= 4 is 45.0 Å². The van der Waals surface area contributed by atoms with Gasteiger partial charge in [-0.3, -0.25) is 18.7 Å². The molecule has 1 atom stereocenters. The molecular formula is C23H25ClN2O6S. The highest BCUT2D eigenvalue weighted by atomic mass is 35.5. The van der Waals surface area contributed by atoms with Crippen molar-refractivity contribution in [2.75, 3.05) is 23.2 Å². The molecule has 1 heterocycles. The number of fused-ring (bicyclic) bond motifs is 1. The number of ketones is 1. The molecule has 1 aliphatic heterocycles. The van der Waals surface area contributed by atoms with Gasteiger partial charge in [-0.15, -0.1) is 0 Å². The smallest absolute Gasteiger partial charge is 0.308 e. The normalized spacial score (nSPS) is 13.8. The topological polar surface area (TPSA) is 110 Å². The molecule has 33 heavy (non-hydrogen) atoms. The third-order valence-electron chi connectivity index (χ3n) is 5.34. The summed E-state index contributed by atoms with van der Waals surface area (Å²) in [5.74, 6) is -1.35. The van der Waals surface area contributed by atoms with Gasteiger partial charge in [0.2, 0.25) is 15.9 Å². The second-order valence-electron chi connectivity index (χ2n) is 7.66. The molecule has 0 fully saturated rings. The van der Waals surface area contributed by atoms with E-state index in [0.717, 1.165) is 5.56 Å². The van der Waals surface area contributed by atoms with Crippen molar-refractivity contribution in [2.24, 2.45) is 0 Å². The number of rotatable bonds is 9. The number of nitrogens with one attached hydrogen (secondary N) is 1. The minimum atomic E-state index is -3.37. The van der Waals surface area contributed by atoms with Gasteiger partial charge >= 0.3 is 5.97 Å². The van der Waals surface area contributed by atoms with Gasteiger partial charge in [-0.1, -0.05) is 23.7 Å². The lowest BCUT2D eigenvalue weighted by atomic mass is 10.0. The Morgan fingerprint density at radius 1 is 1.15 bits per heavy atom. The third-order valence-corrected chi connectivity index (χ3v) is 7.37. The fourth-order valence-corrected chi connectivity index (χ4v) is 4.92. The number of sulfonamides is 1. The minimum Gasteiger partial charge on any atom is -0.457 e. The maximum absolute atomic E-state index is 12.6. The summed E-state index contributed by atoms with van der Waals surface area (Å²) in [6, 6.07) is 10.9. The molecule has 8 nitrogen and oxygen atoms in total. The highest BCUT2D eigenvalue weighted by molar-refractivity contribution is 7.92. The molecule has 0 aliphatic carbocycles. The molecule has 0 aromatic heterocycles. The second-order valence-corrected chi connectivity index (χ2v) is 10.3. The van der Waals surface area contributed by atoms with Crippen LogP contribution in [-0.4, -0.2) is 45.0 Å². The monoisotopic (exact) mass is 492 g/mol. The van der Waals surface area contributed by atoms with Crippen molar-refractivity contribution in [1.29, 1.82) is 0 Å². The van der Waals surface area contributed by atoms with Crippen LogP contribution in [0.5, 0.6) is 0 Å². The van der Waals surface area contributed by atoms with E-state index >= 15 is 0 Å². The standard InChI is InChI=1S/C23H25ClN2O6S/c1-3-33(30,31)26-11-10-17-12-18(6-9-21(17)26)22(28)14-32-23(29)13-20(25-15(2)27)16-4-7-19(24)8-5-16/h4-9,12,20H,3,10-11,13-14H2,1-2H3,(H,25,27). The number of halogens is 1. The Bertz CT molecular complexity index is 1160. The summed E-state index contributed by atoms with van der Waals surface area (Å²) in [4.78, 5) is 36.5. The number of carbonyl (C=O) groups is 3. The summed E-state index contributed by atoms with van der Waals surface area (Å²) >= 11 is 5.89. The maximum atomic E-state index is 12.6. The van der Waals surface area contributed by atoms with Crippen molar-refractivity contribution in [2.45, 2.75) is 32.7 Å².